The second-order valence-electron chi connectivity index (χ2n) is 4.49. The number of halogens is 2. The minimum atomic E-state index is -0.171. The fourth-order valence-electron chi connectivity index (χ4n) is 1.48. The first-order chi connectivity index (χ1) is 8.11. The minimum absolute atomic E-state index is 0.171. The molecule has 0 fully saturated rings. The Hall–Kier alpha value is -0.450. The number of benzene rings is 1. The SMILES string of the molecule is CC(C)CNCCNCc1cccc(Br)c1F. The van der Waals surface area contributed by atoms with E-state index in [4.69, 9.17) is 0 Å². The molecule has 0 saturated carbocycles. The van der Waals surface area contributed by atoms with Gasteiger partial charge in [-0.2, -0.15) is 0 Å². The number of rotatable bonds is 7. The predicted molar refractivity (Wildman–Crippen MR) is 73.5 cm³/mol. The second-order valence-corrected chi connectivity index (χ2v) is 5.34. The third-order valence-electron chi connectivity index (χ3n) is 2.38. The Kier molecular flexibility index (Phi) is 6.70. The van der Waals surface area contributed by atoms with Crippen LogP contribution in [0, 0.1) is 11.7 Å². The van der Waals surface area contributed by atoms with Crippen LogP contribution in [0.3, 0.4) is 0 Å². The van der Waals surface area contributed by atoms with Gasteiger partial charge in [0.15, 0.2) is 0 Å². The maximum absolute atomic E-state index is 13.6. The van der Waals surface area contributed by atoms with E-state index in [-0.39, 0.29) is 5.82 Å². The van der Waals surface area contributed by atoms with Crippen molar-refractivity contribution in [1.82, 2.24) is 10.6 Å². The third kappa shape index (κ3) is 5.61. The molecule has 17 heavy (non-hydrogen) atoms. The molecule has 0 aliphatic carbocycles. The average molecular weight is 303 g/mol. The van der Waals surface area contributed by atoms with Gasteiger partial charge in [0.25, 0.3) is 0 Å². The zero-order valence-corrected chi connectivity index (χ0v) is 12.0. The largest absolute Gasteiger partial charge is 0.315 e. The van der Waals surface area contributed by atoms with Crippen molar-refractivity contribution in [2.24, 2.45) is 5.92 Å². The molecule has 96 valence electrons. The van der Waals surface area contributed by atoms with E-state index >= 15 is 0 Å². The van der Waals surface area contributed by atoms with Crippen molar-refractivity contribution in [2.45, 2.75) is 20.4 Å². The summed E-state index contributed by atoms with van der Waals surface area (Å²) in [5.41, 5.74) is 0.697. The fraction of sp³-hybridized carbons (Fsp3) is 0.538. The summed E-state index contributed by atoms with van der Waals surface area (Å²) in [4.78, 5) is 0. The highest BCUT2D eigenvalue weighted by atomic mass is 79.9. The van der Waals surface area contributed by atoms with Crippen molar-refractivity contribution in [1.29, 1.82) is 0 Å². The lowest BCUT2D eigenvalue weighted by Gasteiger charge is -2.09. The van der Waals surface area contributed by atoms with E-state index < -0.39 is 0 Å². The average Bonchev–Trinajstić information content (AvgIpc) is 2.28. The van der Waals surface area contributed by atoms with Gasteiger partial charge in [-0.05, 0) is 34.5 Å². The monoisotopic (exact) mass is 302 g/mol. The Bertz CT molecular complexity index is 342. The van der Waals surface area contributed by atoms with Gasteiger partial charge < -0.3 is 10.6 Å². The third-order valence-corrected chi connectivity index (χ3v) is 2.99. The van der Waals surface area contributed by atoms with Gasteiger partial charge in [-0.1, -0.05) is 26.0 Å². The van der Waals surface area contributed by atoms with Crippen LogP contribution in [0.25, 0.3) is 0 Å². The molecule has 4 heteroatoms. The summed E-state index contributed by atoms with van der Waals surface area (Å²) in [5, 5.41) is 6.55. The van der Waals surface area contributed by atoms with Gasteiger partial charge >= 0.3 is 0 Å². The van der Waals surface area contributed by atoms with E-state index in [1.54, 1.807) is 12.1 Å². The van der Waals surface area contributed by atoms with Gasteiger partial charge in [0.1, 0.15) is 5.82 Å². The molecule has 1 rings (SSSR count). The Morgan fingerprint density at radius 3 is 2.65 bits per heavy atom. The Morgan fingerprint density at radius 1 is 1.24 bits per heavy atom. The van der Waals surface area contributed by atoms with Crippen LogP contribution in [-0.2, 0) is 6.54 Å². The Morgan fingerprint density at radius 2 is 1.94 bits per heavy atom. The first-order valence-corrected chi connectivity index (χ1v) is 6.75. The molecule has 1 aromatic carbocycles. The maximum Gasteiger partial charge on any atom is 0.141 e. The van der Waals surface area contributed by atoms with Crippen molar-refractivity contribution in [3.8, 4) is 0 Å². The predicted octanol–water partition coefficient (Wildman–Crippen LogP) is 2.92. The van der Waals surface area contributed by atoms with Crippen LogP contribution in [0.4, 0.5) is 4.39 Å². The molecule has 0 radical (unpaired) electrons. The second kappa shape index (κ2) is 7.80. The number of hydrogen-bond donors (Lipinski definition) is 2. The molecule has 0 spiro atoms. The molecule has 1 aromatic rings. The molecule has 0 bridgehead atoms. The lowest BCUT2D eigenvalue weighted by molar-refractivity contribution is 0.529. The standard InChI is InChI=1S/C13H20BrFN2/c1-10(2)8-16-6-7-17-9-11-4-3-5-12(14)13(11)15/h3-5,10,16-17H,6-9H2,1-2H3. The van der Waals surface area contributed by atoms with E-state index in [2.05, 4.69) is 40.4 Å². The molecule has 0 heterocycles. The van der Waals surface area contributed by atoms with Gasteiger partial charge in [-0.3, -0.25) is 0 Å². The molecule has 0 aliphatic heterocycles. The molecule has 0 aliphatic rings. The van der Waals surface area contributed by atoms with Crippen molar-refractivity contribution < 1.29 is 4.39 Å². The quantitative estimate of drug-likeness (QED) is 0.757. The topological polar surface area (TPSA) is 24.1 Å². The molecule has 0 atom stereocenters. The minimum Gasteiger partial charge on any atom is -0.315 e. The summed E-state index contributed by atoms with van der Waals surface area (Å²) in [5.74, 6) is 0.493. The normalized spacial score (nSPS) is 11.1. The summed E-state index contributed by atoms with van der Waals surface area (Å²) < 4.78 is 14.1. The highest BCUT2D eigenvalue weighted by molar-refractivity contribution is 9.10. The Labute approximate surface area is 111 Å². The van der Waals surface area contributed by atoms with Crippen LogP contribution in [-0.4, -0.2) is 19.6 Å². The lowest BCUT2D eigenvalue weighted by atomic mass is 10.2. The van der Waals surface area contributed by atoms with Crippen molar-refractivity contribution >= 4 is 15.9 Å². The van der Waals surface area contributed by atoms with Crippen molar-refractivity contribution in [3.63, 3.8) is 0 Å². The molecule has 0 aromatic heterocycles. The van der Waals surface area contributed by atoms with Crippen LogP contribution in [0.1, 0.15) is 19.4 Å². The Balaban J connectivity index is 2.20. The lowest BCUT2D eigenvalue weighted by Crippen LogP contribution is -2.29. The first-order valence-electron chi connectivity index (χ1n) is 5.95. The zero-order chi connectivity index (χ0) is 12.7. The summed E-state index contributed by atoms with van der Waals surface area (Å²) in [6.07, 6.45) is 0. The molecular weight excluding hydrogens is 283 g/mol. The van der Waals surface area contributed by atoms with Gasteiger partial charge in [0, 0.05) is 25.2 Å². The van der Waals surface area contributed by atoms with E-state index in [0.717, 1.165) is 19.6 Å². The maximum atomic E-state index is 13.6. The molecular formula is C13H20BrFN2. The van der Waals surface area contributed by atoms with Crippen LogP contribution >= 0.6 is 15.9 Å². The molecule has 2 N–H and O–H groups in total. The molecule has 0 saturated heterocycles. The van der Waals surface area contributed by atoms with E-state index in [1.165, 1.54) is 0 Å². The number of nitrogens with one attached hydrogen (secondary N) is 2. The molecule has 0 unspecified atom stereocenters. The highest BCUT2D eigenvalue weighted by Gasteiger charge is 2.04. The highest BCUT2D eigenvalue weighted by Crippen LogP contribution is 2.18. The summed E-state index contributed by atoms with van der Waals surface area (Å²) in [6.45, 7) is 7.70. The summed E-state index contributed by atoms with van der Waals surface area (Å²) >= 11 is 3.18. The smallest absolute Gasteiger partial charge is 0.141 e. The van der Waals surface area contributed by atoms with Gasteiger partial charge in [-0.25, -0.2) is 4.39 Å². The molecule has 0 amide bonds. The molecule has 2 nitrogen and oxygen atoms in total. The van der Waals surface area contributed by atoms with E-state index in [1.807, 2.05) is 6.07 Å². The van der Waals surface area contributed by atoms with Gasteiger partial charge in [0.05, 0.1) is 4.47 Å². The summed E-state index contributed by atoms with van der Waals surface area (Å²) in [6, 6.07) is 5.36. The zero-order valence-electron chi connectivity index (χ0n) is 10.4. The van der Waals surface area contributed by atoms with Crippen LogP contribution in [0.2, 0.25) is 0 Å². The van der Waals surface area contributed by atoms with Crippen LogP contribution < -0.4 is 10.6 Å². The fourth-order valence-corrected chi connectivity index (χ4v) is 1.88. The van der Waals surface area contributed by atoms with Crippen LogP contribution in [0.5, 0.6) is 0 Å². The van der Waals surface area contributed by atoms with E-state index in [9.17, 15) is 4.39 Å². The first kappa shape index (κ1) is 14.6. The van der Waals surface area contributed by atoms with Gasteiger partial charge in [-0.15, -0.1) is 0 Å². The number of hydrogen-bond acceptors (Lipinski definition) is 2. The van der Waals surface area contributed by atoms with E-state index in [0.29, 0.717) is 22.5 Å². The summed E-state index contributed by atoms with van der Waals surface area (Å²) in [7, 11) is 0. The van der Waals surface area contributed by atoms with Crippen molar-refractivity contribution in [3.05, 3.63) is 34.1 Å². The van der Waals surface area contributed by atoms with Crippen molar-refractivity contribution in [2.75, 3.05) is 19.6 Å². The van der Waals surface area contributed by atoms with Crippen LogP contribution in [0.15, 0.2) is 22.7 Å². The van der Waals surface area contributed by atoms with Gasteiger partial charge in [0.2, 0.25) is 0 Å².